The molecule has 23 heavy (non-hydrogen) atoms. The third-order valence-electron chi connectivity index (χ3n) is 3.17. The minimum absolute atomic E-state index is 0.323. The summed E-state index contributed by atoms with van der Waals surface area (Å²) in [5, 5.41) is 13.2. The number of aliphatic hydroxyl groups excluding tert-OH is 1. The van der Waals surface area contributed by atoms with E-state index in [1.54, 1.807) is 0 Å². The Morgan fingerprint density at radius 1 is 1.26 bits per heavy atom. The van der Waals surface area contributed by atoms with E-state index in [-0.39, 0.29) is 0 Å². The second-order valence-corrected chi connectivity index (χ2v) is 6.12. The maximum Gasteiger partial charge on any atom is 0.194 e. The molecule has 1 aromatic carbocycles. The van der Waals surface area contributed by atoms with Crippen LogP contribution in [0.4, 0.5) is 0 Å². The van der Waals surface area contributed by atoms with Crippen LogP contribution in [0.2, 0.25) is 0 Å². The van der Waals surface area contributed by atoms with Crippen molar-refractivity contribution >= 4 is 5.96 Å². The van der Waals surface area contributed by atoms with Gasteiger partial charge in [-0.05, 0) is 18.4 Å². The molecule has 1 rings (SSSR count). The van der Waals surface area contributed by atoms with Gasteiger partial charge in [-0.2, -0.15) is 0 Å². The van der Waals surface area contributed by atoms with Crippen molar-refractivity contribution in [3.63, 3.8) is 0 Å². The lowest BCUT2D eigenvalue weighted by molar-refractivity contribution is 0.0300. The number of ether oxygens (including phenoxy) is 1. The van der Waals surface area contributed by atoms with Crippen molar-refractivity contribution in [3.05, 3.63) is 35.9 Å². The molecule has 0 bridgehead atoms. The molecular weight excluding hydrogens is 290 g/mol. The number of rotatable bonds is 9. The monoisotopic (exact) mass is 321 g/mol. The molecule has 0 amide bonds. The third-order valence-corrected chi connectivity index (χ3v) is 3.17. The Bertz CT molecular complexity index is 449. The summed E-state index contributed by atoms with van der Waals surface area (Å²) in [6.07, 6.45) is -0.576. The quantitative estimate of drug-likeness (QED) is 0.540. The highest BCUT2D eigenvalue weighted by atomic mass is 16.5. The Balaban J connectivity index is 2.51. The molecule has 0 aliphatic heterocycles. The Labute approximate surface area is 140 Å². The molecule has 0 radical (unpaired) electrons. The van der Waals surface area contributed by atoms with E-state index in [9.17, 15) is 5.11 Å². The molecular formula is C18H31N3O2. The SMILES string of the molecule is CCNC(=NCC(O)COCC(C)C)N(C)Cc1ccccc1. The number of nitrogens with zero attached hydrogens (tertiary/aromatic N) is 2. The van der Waals surface area contributed by atoms with Gasteiger partial charge in [0.05, 0.1) is 19.3 Å². The van der Waals surface area contributed by atoms with Gasteiger partial charge in [0.1, 0.15) is 0 Å². The molecule has 1 aromatic rings. The lowest BCUT2D eigenvalue weighted by Crippen LogP contribution is -2.39. The molecule has 2 N–H and O–H groups in total. The number of benzene rings is 1. The first-order valence-corrected chi connectivity index (χ1v) is 8.32. The second kappa shape index (κ2) is 11.0. The maximum absolute atomic E-state index is 9.97. The Morgan fingerprint density at radius 2 is 1.96 bits per heavy atom. The van der Waals surface area contributed by atoms with Crippen LogP contribution in [-0.2, 0) is 11.3 Å². The van der Waals surface area contributed by atoms with Crippen molar-refractivity contribution in [1.82, 2.24) is 10.2 Å². The van der Waals surface area contributed by atoms with Crippen LogP contribution in [0, 0.1) is 5.92 Å². The lowest BCUT2D eigenvalue weighted by atomic mass is 10.2. The average molecular weight is 321 g/mol. The van der Waals surface area contributed by atoms with E-state index in [2.05, 4.69) is 41.2 Å². The number of guanidine groups is 1. The Kier molecular flexibility index (Phi) is 9.33. The molecule has 0 heterocycles. The van der Waals surface area contributed by atoms with Crippen LogP contribution in [0.15, 0.2) is 35.3 Å². The molecule has 130 valence electrons. The first-order valence-electron chi connectivity index (χ1n) is 8.32. The van der Waals surface area contributed by atoms with E-state index < -0.39 is 6.10 Å². The van der Waals surface area contributed by atoms with Crippen molar-refractivity contribution in [2.75, 3.05) is 33.4 Å². The first-order chi connectivity index (χ1) is 11.0. The number of hydrogen-bond acceptors (Lipinski definition) is 3. The third kappa shape index (κ3) is 8.57. The highest BCUT2D eigenvalue weighted by molar-refractivity contribution is 5.79. The van der Waals surface area contributed by atoms with Gasteiger partial charge in [-0.1, -0.05) is 44.2 Å². The molecule has 0 spiro atoms. The van der Waals surface area contributed by atoms with Crippen LogP contribution in [0.25, 0.3) is 0 Å². The molecule has 0 aliphatic rings. The lowest BCUT2D eigenvalue weighted by Gasteiger charge is -2.22. The van der Waals surface area contributed by atoms with E-state index in [1.165, 1.54) is 5.56 Å². The molecule has 1 atom stereocenters. The van der Waals surface area contributed by atoms with Crippen LogP contribution in [0.5, 0.6) is 0 Å². The smallest absolute Gasteiger partial charge is 0.194 e. The molecule has 0 saturated heterocycles. The van der Waals surface area contributed by atoms with Gasteiger partial charge in [0.2, 0.25) is 0 Å². The zero-order chi connectivity index (χ0) is 17.1. The fraction of sp³-hybridized carbons (Fsp3) is 0.611. The average Bonchev–Trinajstić information content (AvgIpc) is 2.52. The fourth-order valence-electron chi connectivity index (χ4n) is 2.09. The van der Waals surface area contributed by atoms with Gasteiger partial charge in [0.15, 0.2) is 5.96 Å². The van der Waals surface area contributed by atoms with E-state index in [0.29, 0.717) is 25.7 Å². The van der Waals surface area contributed by atoms with E-state index >= 15 is 0 Å². The van der Waals surface area contributed by atoms with E-state index in [4.69, 9.17) is 4.74 Å². The number of aliphatic hydroxyl groups is 1. The normalized spacial score (nSPS) is 13.2. The van der Waals surface area contributed by atoms with Crippen molar-refractivity contribution in [3.8, 4) is 0 Å². The summed E-state index contributed by atoms with van der Waals surface area (Å²) in [6, 6.07) is 10.3. The highest BCUT2D eigenvalue weighted by Crippen LogP contribution is 2.03. The Morgan fingerprint density at radius 3 is 2.57 bits per heavy atom. The predicted molar refractivity (Wildman–Crippen MR) is 95.6 cm³/mol. The summed E-state index contributed by atoms with van der Waals surface area (Å²) >= 11 is 0. The summed E-state index contributed by atoms with van der Waals surface area (Å²) in [5.74, 6) is 1.26. The molecule has 5 heteroatoms. The van der Waals surface area contributed by atoms with Crippen molar-refractivity contribution in [1.29, 1.82) is 0 Å². The van der Waals surface area contributed by atoms with Crippen LogP contribution in [-0.4, -0.2) is 55.4 Å². The summed E-state index contributed by atoms with van der Waals surface area (Å²) in [5.41, 5.74) is 1.22. The minimum Gasteiger partial charge on any atom is -0.389 e. The molecule has 0 aliphatic carbocycles. The Hall–Kier alpha value is -1.59. The molecule has 0 saturated carbocycles. The van der Waals surface area contributed by atoms with E-state index in [1.807, 2.05) is 32.2 Å². The fourth-order valence-corrected chi connectivity index (χ4v) is 2.09. The summed E-state index contributed by atoms with van der Waals surface area (Å²) in [4.78, 5) is 6.56. The van der Waals surface area contributed by atoms with Crippen molar-refractivity contribution in [2.24, 2.45) is 10.9 Å². The standard InChI is InChI=1S/C18H31N3O2/c1-5-19-18(20-11-17(22)14-23-13-15(2)3)21(4)12-16-9-7-6-8-10-16/h6-10,15,17,22H,5,11-14H2,1-4H3,(H,19,20). The van der Waals surface area contributed by atoms with Gasteiger partial charge in [-0.15, -0.1) is 0 Å². The molecule has 5 nitrogen and oxygen atoms in total. The van der Waals surface area contributed by atoms with Gasteiger partial charge in [0, 0.05) is 26.7 Å². The van der Waals surface area contributed by atoms with Gasteiger partial charge in [-0.3, -0.25) is 4.99 Å². The van der Waals surface area contributed by atoms with Gasteiger partial charge in [0.25, 0.3) is 0 Å². The number of hydrogen-bond donors (Lipinski definition) is 2. The van der Waals surface area contributed by atoms with Crippen molar-refractivity contribution < 1.29 is 9.84 Å². The van der Waals surface area contributed by atoms with Gasteiger partial charge in [-0.25, -0.2) is 0 Å². The van der Waals surface area contributed by atoms with Crippen LogP contribution in [0.1, 0.15) is 26.3 Å². The summed E-state index contributed by atoms with van der Waals surface area (Å²) in [7, 11) is 2.00. The largest absolute Gasteiger partial charge is 0.389 e. The minimum atomic E-state index is -0.576. The molecule has 0 aromatic heterocycles. The topological polar surface area (TPSA) is 57.1 Å². The number of nitrogens with one attached hydrogen (secondary N) is 1. The van der Waals surface area contributed by atoms with E-state index in [0.717, 1.165) is 19.0 Å². The first kappa shape index (κ1) is 19.5. The zero-order valence-electron chi connectivity index (χ0n) is 14.8. The van der Waals surface area contributed by atoms with Crippen molar-refractivity contribution in [2.45, 2.75) is 33.4 Å². The van der Waals surface area contributed by atoms with Crippen LogP contribution < -0.4 is 5.32 Å². The molecule has 0 fully saturated rings. The summed E-state index contributed by atoms with van der Waals surface area (Å²) in [6.45, 7) is 9.09. The molecule has 1 unspecified atom stereocenters. The van der Waals surface area contributed by atoms with Gasteiger partial charge >= 0.3 is 0 Å². The zero-order valence-corrected chi connectivity index (χ0v) is 14.8. The summed E-state index contributed by atoms with van der Waals surface area (Å²) < 4.78 is 5.45. The maximum atomic E-state index is 9.97. The number of aliphatic imine (C=N–C) groups is 1. The predicted octanol–water partition coefficient (Wildman–Crippen LogP) is 2.12. The van der Waals surface area contributed by atoms with Crippen LogP contribution in [0.3, 0.4) is 0 Å². The highest BCUT2D eigenvalue weighted by Gasteiger charge is 2.09. The second-order valence-electron chi connectivity index (χ2n) is 6.12. The van der Waals surface area contributed by atoms with Gasteiger partial charge < -0.3 is 20.1 Å². The van der Waals surface area contributed by atoms with Crippen LogP contribution >= 0.6 is 0 Å².